The van der Waals surface area contributed by atoms with Gasteiger partial charge in [0.15, 0.2) is 11.5 Å². The number of para-hydroxylation sites is 1. The quantitative estimate of drug-likeness (QED) is 0.677. The zero-order valence-electron chi connectivity index (χ0n) is 14.0. The third kappa shape index (κ3) is 1.72. The number of hydrogen-bond donors (Lipinski definition) is 0. The molecule has 4 aliphatic rings. The second-order valence-corrected chi connectivity index (χ2v) is 8.41. The van der Waals surface area contributed by atoms with Crippen molar-refractivity contribution in [3.8, 4) is 0 Å². The van der Waals surface area contributed by atoms with Crippen LogP contribution in [0.15, 0.2) is 24.5 Å². The standard InChI is InChI=1S/C20H22N4/c1-11-3-2-4-16-18(11)21-10-24-20(16)22-19(23-24)17-14-6-12-5-13(8-14)9-15(17)7-12/h2-4,10,12-15,17H,5-9H2,1H3. The van der Waals surface area contributed by atoms with E-state index in [1.165, 1.54) is 37.7 Å². The molecule has 0 atom stereocenters. The minimum atomic E-state index is 0.581. The summed E-state index contributed by atoms with van der Waals surface area (Å²) in [6.45, 7) is 2.11. The van der Waals surface area contributed by atoms with E-state index in [0.717, 1.165) is 46.0 Å². The Hall–Kier alpha value is -1.97. The average molecular weight is 318 g/mol. The fourth-order valence-corrected chi connectivity index (χ4v) is 6.22. The molecule has 0 radical (unpaired) electrons. The number of rotatable bonds is 1. The van der Waals surface area contributed by atoms with Gasteiger partial charge in [0.2, 0.25) is 0 Å². The van der Waals surface area contributed by atoms with Gasteiger partial charge in [0.25, 0.3) is 0 Å². The Kier molecular flexibility index (Phi) is 2.53. The molecule has 7 rings (SSSR count). The normalized spacial score (nSPS) is 34.5. The molecule has 24 heavy (non-hydrogen) atoms. The van der Waals surface area contributed by atoms with Gasteiger partial charge in [-0.15, -0.1) is 5.10 Å². The van der Waals surface area contributed by atoms with Crippen LogP contribution in [0, 0.1) is 30.6 Å². The smallest absolute Gasteiger partial charge is 0.166 e. The molecule has 4 saturated carbocycles. The zero-order chi connectivity index (χ0) is 15.8. The summed E-state index contributed by atoms with van der Waals surface area (Å²) in [4.78, 5) is 9.66. The maximum absolute atomic E-state index is 5.04. The molecule has 4 fully saturated rings. The van der Waals surface area contributed by atoms with Gasteiger partial charge in [-0.3, -0.25) is 0 Å². The largest absolute Gasteiger partial charge is 0.236 e. The van der Waals surface area contributed by atoms with E-state index < -0.39 is 0 Å². The molecule has 3 aromatic rings. The number of aryl methyl sites for hydroxylation is 1. The molecule has 4 bridgehead atoms. The maximum atomic E-state index is 5.04. The summed E-state index contributed by atoms with van der Waals surface area (Å²) in [6, 6.07) is 6.33. The van der Waals surface area contributed by atoms with E-state index >= 15 is 0 Å². The van der Waals surface area contributed by atoms with Gasteiger partial charge in [0, 0.05) is 11.3 Å². The van der Waals surface area contributed by atoms with Crippen LogP contribution in [0.4, 0.5) is 0 Å². The molecule has 0 saturated heterocycles. The summed E-state index contributed by atoms with van der Waals surface area (Å²) in [5.74, 6) is 5.29. The summed E-state index contributed by atoms with van der Waals surface area (Å²) in [5, 5.41) is 6.01. The third-order valence-electron chi connectivity index (χ3n) is 6.95. The lowest BCUT2D eigenvalue weighted by molar-refractivity contribution is -0.00556. The van der Waals surface area contributed by atoms with Gasteiger partial charge < -0.3 is 0 Å². The minimum Gasteiger partial charge on any atom is -0.236 e. The minimum absolute atomic E-state index is 0.581. The summed E-state index contributed by atoms with van der Waals surface area (Å²) in [7, 11) is 0. The Balaban J connectivity index is 1.51. The fourth-order valence-electron chi connectivity index (χ4n) is 6.22. The molecule has 0 aliphatic heterocycles. The number of benzene rings is 1. The van der Waals surface area contributed by atoms with Crippen molar-refractivity contribution in [2.45, 2.75) is 44.9 Å². The Morgan fingerprint density at radius 1 is 1.00 bits per heavy atom. The first kappa shape index (κ1) is 13.3. The summed E-state index contributed by atoms with van der Waals surface area (Å²) >= 11 is 0. The molecule has 0 unspecified atom stereocenters. The van der Waals surface area contributed by atoms with Crippen LogP contribution in [0.5, 0.6) is 0 Å². The molecule has 4 aliphatic carbocycles. The summed E-state index contributed by atoms with van der Waals surface area (Å²) in [5.41, 5.74) is 3.23. The Bertz CT molecular complexity index is 929. The van der Waals surface area contributed by atoms with Gasteiger partial charge in [-0.1, -0.05) is 12.1 Å². The predicted molar refractivity (Wildman–Crippen MR) is 92.8 cm³/mol. The van der Waals surface area contributed by atoms with E-state index in [0.29, 0.717) is 5.92 Å². The molecule has 0 amide bonds. The highest BCUT2D eigenvalue weighted by atomic mass is 15.3. The van der Waals surface area contributed by atoms with Crippen LogP contribution >= 0.6 is 0 Å². The van der Waals surface area contributed by atoms with Gasteiger partial charge >= 0.3 is 0 Å². The van der Waals surface area contributed by atoms with Gasteiger partial charge in [-0.05, 0) is 74.3 Å². The first-order chi connectivity index (χ1) is 11.8. The van der Waals surface area contributed by atoms with Crippen LogP contribution in [0.2, 0.25) is 0 Å². The average Bonchev–Trinajstić information content (AvgIpc) is 2.98. The molecular formula is C20H22N4. The van der Waals surface area contributed by atoms with E-state index in [1.807, 2.05) is 10.8 Å². The van der Waals surface area contributed by atoms with E-state index in [-0.39, 0.29) is 0 Å². The Morgan fingerprint density at radius 3 is 2.50 bits per heavy atom. The van der Waals surface area contributed by atoms with Crippen molar-refractivity contribution < 1.29 is 0 Å². The lowest BCUT2D eigenvalue weighted by Gasteiger charge is -2.53. The van der Waals surface area contributed by atoms with Gasteiger partial charge in [0.1, 0.15) is 6.33 Å². The maximum Gasteiger partial charge on any atom is 0.166 e. The Labute approximate surface area is 141 Å². The third-order valence-corrected chi connectivity index (χ3v) is 6.95. The number of nitrogens with zero attached hydrogens (tertiary/aromatic N) is 4. The lowest BCUT2D eigenvalue weighted by Crippen LogP contribution is -2.44. The van der Waals surface area contributed by atoms with E-state index in [4.69, 9.17) is 10.1 Å². The highest BCUT2D eigenvalue weighted by Crippen LogP contribution is 2.59. The second kappa shape index (κ2) is 4.56. The van der Waals surface area contributed by atoms with Crippen LogP contribution < -0.4 is 0 Å². The summed E-state index contributed by atoms with van der Waals surface area (Å²) < 4.78 is 1.90. The molecular weight excluding hydrogens is 296 g/mol. The monoisotopic (exact) mass is 318 g/mol. The van der Waals surface area contributed by atoms with Gasteiger partial charge in [-0.25, -0.2) is 14.5 Å². The number of aromatic nitrogens is 4. The SMILES string of the molecule is Cc1cccc2c1ncn1nc(C3C4CC5CC(C4)CC3C5)nc21. The van der Waals surface area contributed by atoms with E-state index in [9.17, 15) is 0 Å². The topological polar surface area (TPSA) is 43.1 Å². The van der Waals surface area contributed by atoms with Crippen molar-refractivity contribution in [2.24, 2.45) is 23.7 Å². The van der Waals surface area contributed by atoms with Crippen molar-refractivity contribution in [3.63, 3.8) is 0 Å². The number of fused-ring (bicyclic) bond motifs is 3. The van der Waals surface area contributed by atoms with Crippen LogP contribution in [0.1, 0.15) is 49.4 Å². The molecule has 2 aromatic heterocycles. The molecule has 1 aromatic carbocycles. The molecule has 122 valence electrons. The summed E-state index contributed by atoms with van der Waals surface area (Å²) in [6.07, 6.45) is 8.97. The fraction of sp³-hybridized carbons (Fsp3) is 0.550. The predicted octanol–water partition coefficient (Wildman–Crippen LogP) is 4.13. The first-order valence-corrected chi connectivity index (χ1v) is 9.37. The first-order valence-electron chi connectivity index (χ1n) is 9.37. The number of hydrogen-bond acceptors (Lipinski definition) is 3. The van der Waals surface area contributed by atoms with Crippen molar-refractivity contribution >= 4 is 16.6 Å². The zero-order valence-corrected chi connectivity index (χ0v) is 14.0. The molecule has 0 spiro atoms. The highest BCUT2D eigenvalue weighted by molar-refractivity contribution is 5.92. The molecule has 0 N–H and O–H groups in total. The molecule has 4 heteroatoms. The molecule has 4 nitrogen and oxygen atoms in total. The Morgan fingerprint density at radius 2 is 1.75 bits per heavy atom. The van der Waals surface area contributed by atoms with Crippen LogP contribution in [-0.4, -0.2) is 19.6 Å². The van der Waals surface area contributed by atoms with Crippen molar-refractivity contribution in [3.05, 3.63) is 35.9 Å². The molecule has 2 heterocycles. The van der Waals surface area contributed by atoms with Crippen molar-refractivity contribution in [1.29, 1.82) is 0 Å². The lowest BCUT2D eigenvalue weighted by atomic mass is 9.52. The van der Waals surface area contributed by atoms with Gasteiger partial charge in [0.05, 0.1) is 5.52 Å². The van der Waals surface area contributed by atoms with E-state index in [1.54, 1.807) is 0 Å². The van der Waals surface area contributed by atoms with Crippen LogP contribution in [0.25, 0.3) is 16.6 Å². The second-order valence-electron chi connectivity index (χ2n) is 8.41. The van der Waals surface area contributed by atoms with E-state index in [2.05, 4.69) is 30.1 Å². The highest BCUT2D eigenvalue weighted by Gasteiger charge is 2.50. The van der Waals surface area contributed by atoms with Crippen LogP contribution in [0.3, 0.4) is 0 Å². The van der Waals surface area contributed by atoms with Crippen molar-refractivity contribution in [1.82, 2.24) is 19.6 Å². The van der Waals surface area contributed by atoms with Crippen molar-refractivity contribution in [2.75, 3.05) is 0 Å². The van der Waals surface area contributed by atoms with Gasteiger partial charge in [-0.2, -0.15) is 0 Å². The van der Waals surface area contributed by atoms with Crippen LogP contribution in [-0.2, 0) is 0 Å².